The molecule has 0 amide bonds. The highest BCUT2D eigenvalue weighted by atomic mass is 79.9. The van der Waals surface area contributed by atoms with Crippen molar-refractivity contribution in [3.05, 3.63) is 111 Å². The molecular formula is C25H18BrFO3. The van der Waals surface area contributed by atoms with Crippen LogP contribution in [-0.4, -0.2) is 5.97 Å². The van der Waals surface area contributed by atoms with Gasteiger partial charge in [-0.3, -0.25) is 0 Å². The molecule has 4 rings (SSSR count). The molecule has 0 bridgehead atoms. The number of carbonyl (C=O) groups excluding carboxylic acids is 1. The van der Waals surface area contributed by atoms with Gasteiger partial charge in [0.1, 0.15) is 23.9 Å². The number of halogens is 2. The summed E-state index contributed by atoms with van der Waals surface area (Å²) in [5, 5.41) is 0. The van der Waals surface area contributed by atoms with Gasteiger partial charge in [-0.2, -0.15) is 0 Å². The fourth-order valence-electron chi connectivity index (χ4n) is 2.99. The van der Waals surface area contributed by atoms with Crippen LogP contribution >= 0.6 is 15.9 Å². The first kappa shape index (κ1) is 20.1. The van der Waals surface area contributed by atoms with E-state index in [-0.39, 0.29) is 11.8 Å². The maximum atomic E-state index is 13.0. The molecular weight excluding hydrogens is 447 g/mol. The Balaban J connectivity index is 1.49. The van der Waals surface area contributed by atoms with Gasteiger partial charge in [-0.15, -0.1) is 0 Å². The van der Waals surface area contributed by atoms with E-state index in [4.69, 9.17) is 9.47 Å². The van der Waals surface area contributed by atoms with Crippen LogP contribution in [0.4, 0.5) is 4.39 Å². The summed E-state index contributed by atoms with van der Waals surface area (Å²) in [7, 11) is 0. The molecule has 3 aromatic rings. The molecule has 0 N–H and O–H groups in total. The van der Waals surface area contributed by atoms with Gasteiger partial charge in [0.15, 0.2) is 0 Å². The third kappa shape index (κ3) is 4.69. The van der Waals surface area contributed by atoms with Crippen LogP contribution in [0, 0.1) is 12.7 Å². The molecule has 0 radical (unpaired) electrons. The predicted molar refractivity (Wildman–Crippen MR) is 118 cm³/mol. The Morgan fingerprint density at radius 1 is 1.03 bits per heavy atom. The van der Waals surface area contributed by atoms with Gasteiger partial charge in [0.05, 0.1) is 10.0 Å². The molecule has 0 atom stereocenters. The standard InChI is InChI=1S/C25H18BrFO3/c1-16-2-7-19(8-3-16)24-14-20(25(28)30-24)12-18-6-11-23(22(26)13-18)29-15-17-4-9-21(27)10-5-17/h2-14H,15H2,1H3/b20-12+. The Hall–Kier alpha value is -3.18. The van der Waals surface area contributed by atoms with Crippen LogP contribution < -0.4 is 4.74 Å². The van der Waals surface area contributed by atoms with E-state index >= 15 is 0 Å². The van der Waals surface area contributed by atoms with Crippen LogP contribution in [0.5, 0.6) is 5.75 Å². The average molecular weight is 465 g/mol. The Morgan fingerprint density at radius 3 is 2.47 bits per heavy atom. The number of benzene rings is 3. The van der Waals surface area contributed by atoms with Crippen LogP contribution in [0.3, 0.4) is 0 Å². The first-order valence-corrected chi connectivity index (χ1v) is 10.2. The number of hydrogen-bond donors (Lipinski definition) is 0. The summed E-state index contributed by atoms with van der Waals surface area (Å²) >= 11 is 3.51. The van der Waals surface area contributed by atoms with E-state index in [9.17, 15) is 9.18 Å². The molecule has 3 aromatic carbocycles. The highest BCUT2D eigenvalue weighted by Gasteiger charge is 2.22. The number of carbonyl (C=O) groups is 1. The largest absolute Gasteiger partial charge is 0.488 e. The third-order valence-corrected chi connectivity index (χ3v) is 5.27. The maximum Gasteiger partial charge on any atom is 0.343 e. The SMILES string of the molecule is Cc1ccc(C2=C/C(=C\c3ccc(OCc4ccc(F)cc4)c(Br)c3)C(=O)O2)cc1. The summed E-state index contributed by atoms with van der Waals surface area (Å²) < 4.78 is 25.0. The smallest absolute Gasteiger partial charge is 0.343 e. The number of aryl methyl sites for hydroxylation is 1. The van der Waals surface area contributed by atoms with Gasteiger partial charge in [0.25, 0.3) is 0 Å². The van der Waals surface area contributed by atoms with Crippen LogP contribution in [0.2, 0.25) is 0 Å². The third-order valence-electron chi connectivity index (χ3n) is 4.65. The lowest BCUT2D eigenvalue weighted by Crippen LogP contribution is -1.98. The molecule has 3 nitrogen and oxygen atoms in total. The van der Waals surface area contributed by atoms with Crippen molar-refractivity contribution in [2.24, 2.45) is 0 Å². The lowest BCUT2D eigenvalue weighted by molar-refractivity contribution is -0.130. The zero-order chi connectivity index (χ0) is 21.1. The number of rotatable bonds is 5. The molecule has 0 spiro atoms. The van der Waals surface area contributed by atoms with Crippen LogP contribution in [0.15, 0.2) is 82.9 Å². The highest BCUT2D eigenvalue weighted by Crippen LogP contribution is 2.31. The van der Waals surface area contributed by atoms with Gasteiger partial charge in [-0.25, -0.2) is 9.18 Å². The van der Waals surface area contributed by atoms with Crippen LogP contribution in [-0.2, 0) is 16.1 Å². The first-order valence-electron chi connectivity index (χ1n) is 9.37. The van der Waals surface area contributed by atoms with Crippen molar-refractivity contribution < 1.29 is 18.7 Å². The van der Waals surface area contributed by atoms with Crippen molar-refractivity contribution in [3.8, 4) is 5.75 Å². The second-order valence-electron chi connectivity index (χ2n) is 6.97. The van der Waals surface area contributed by atoms with E-state index < -0.39 is 0 Å². The van der Waals surface area contributed by atoms with Crippen molar-refractivity contribution in [1.29, 1.82) is 0 Å². The summed E-state index contributed by atoms with van der Waals surface area (Å²) in [5.74, 6) is 0.552. The summed E-state index contributed by atoms with van der Waals surface area (Å²) in [6, 6.07) is 19.6. The minimum absolute atomic E-state index is 0.276. The minimum atomic E-state index is -0.377. The van der Waals surface area contributed by atoms with Gasteiger partial charge in [-0.1, -0.05) is 48.0 Å². The Kier molecular flexibility index (Phi) is 5.81. The molecule has 1 aliphatic heterocycles. The lowest BCUT2D eigenvalue weighted by Gasteiger charge is -2.09. The molecule has 1 aliphatic rings. The van der Waals surface area contributed by atoms with E-state index in [1.807, 2.05) is 49.4 Å². The summed E-state index contributed by atoms with van der Waals surface area (Å²) in [4.78, 5) is 12.3. The molecule has 5 heteroatoms. The number of hydrogen-bond acceptors (Lipinski definition) is 3. The van der Waals surface area contributed by atoms with Gasteiger partial charge in [0, 0.05) is 5.56 Å². The molecule has 0 saturated carbocycles. The molecule has 0 aromatic heterocycles. The second-order valence-corrected chi connectivity index (χ2v) is 7.82. The normalized spacial score (nSPS) is 14.6. The summed E-state index contributed by atoms with van der Waals surface area (Å²) in [6.07, 6.45) is 3.53. The molecule has 0 fully saturated rings. The fraction of sp³-hybridized carbons (Fsp3) is 0.0800. The second kappa shape index (κ2) is 8.67. The van der Waals surface area contributed by atoms with E-state index in [1.54, 1.807) is 24.3 Å². The molecule has 0 aliphatic carbocycles. The van der Waals surface area contributed by atoms with Crippen LogP contribution in [0.1, 0.15) is 22.3 Å². The monoisotopic (exact) mass is 464 g/mol. The van der Waals surface area contributed by atoms with Gasteiger partial charge in [0.2, 0.25) is 0 Å². The van der Waals surface area contributed by atoms with Crippen molar-refractivity contribution >= 4 is 33.7 Å². The van der Waals surface area contributed by atoms with Crippen molar-refractivity contribution in [1.82, 2.24) is 0 Å². The lowest BCUT2D eigenvalue weighted by atomic mass is 10.1. The Labute approximate surface area is 182 Å². The molecule has 1 heterocycles. The average Bonchev–Trinajstić information content (AvgIpc) is 3.09. The van der Waals surface area contributed by atoms with Gasteiger partial charge >= 0.3 is 5.97 Å². The van der Waals surface area contributed by atoms with Crippen molar-refractivity contribution in [2.45, 2.75) is 13.5 Å². The molecule has 150 valence electrons. The fourth-order valence-corrected chi connectivity index (χ4v) is 3.51. The van der Waals surface area contributed by atoms with E-state index in [0.29, 0.717) is 23.7 Å². The Bertz CT molecular complexity index is 1150. The quantitative estimate of drug-likeness (QED) is 0.321. The van der Waals surface area contributed by atoms with E-state index in [1.165, 1.54) is 12.1 Å². The predicted octanol–water partition coefficient (Wildman–Crippen LogP) is 6.46. The molecule has 0 saturated heterocycles. The minimum Gasteiger partial charge on any atom is -0.488 e. The number of cyclic esters (lactones) is 1. The summed E-state index contributed by atoms with van der Waals surface area (Å²) in [6.45, 7) is 2.34. The Morgan fingerprint density at radius 2 is 1.77 bits per heavy atom. The van der Waals surface area contributed by atoms with Gasteiger partial charge in [-0.05, 0) is 70.4 Å². The molecule has 0 unspecified atom stereocenters. The number of esters is 1. The summed E-state index contributed by atoms with van der Waals surface area (Å²) in [5.41, 5.74) is 4.20. The zero-order valence-corrected chi connectivity index (χ0v) is 17.8. The maximum absolute atomic E-state index is 13.0. The highest BCUT2D eigenvalue weighted by molar-refractivity contribution is 9.10. The van der Waals surface area contributed by atoms with Crippen LogP contribution in [0.25, 0.3) is 11.8 Å². The topological polar surface area (TPSA) is 35.5 Å². The zero-order valence-electron chi connectivity index (χ0n) is 16.2. The molecule has 30 heavy (non-hydrogen) atoms. The van der Waals surface area contributed by atoms with E-state index in [0.717, 1.165) is 26.7 Å². The van der Waals surface area contributed by atoms with Crippen molar-refractivity contribution in [3.63, 3.8) is 0 Å². The van der Waals surface area contributed by atoms with Gasteiger partial charge < -0.3 is 9.47 Å². The van der Waals surface area contributed by atoms with E-state index in [2.05, 4.69) is 15.9 Å². The van der Waals surface area contributed by atoms with Crippen molar-refractivity contribution in [2.75, 3.05) is 0 Å². The number of ether oxygens (including phenoxy) is 2. The first-order chi connectivity index (χ1) is 14.5.